The third-order valence-electron chi connectivity index (χ3n) is 4.37. The van der Waals surface area contributed by atoms with E-state index in [-0.39, 0.29) is 6.04 Å². The van der Waals surface area contributed by atoms with Crippen molar-refractivity contribution < 1.29 is 0 Å². The summed E-state index contributed by atoms with van der Waals surface area (Å²) in [6, 6.07) is 0.262. The molecule has 20 heavy (non-hydrogen) atoms. The van der Waals surface area contributed by atoms with Crippen LogP contribution >= 0.6 is 0 Å². The molecule has 4 heteroatoms. The summed E-state index contributed by atoms with van der Waals surface area (Å²) in [4.78, 5) is 11.3. The minimum atomic E-state index is 0.262. The molecule has 0 saturated carbocycles. The minimum absolute atomic E-state index is 0.262. The van der Waals surface area contributed by atoms with Gasteiger partial charge in [-0.05, 0) is 38.0 Å². The molecule has 1 aliphatic carbocycles. The SMILES string of the molecule is CC(C)C(N)CCN(C)c1ncnc2c1CCCCC2. The van der Waals surface area contributed by atoms with Gasteiger partial charge in [-0.3, -0.25) is 0 Å². The van der Waals surface area contributed by atoms with Crippen LogP contribution in [0.5, 0.6) is 0 Å². The van der Waals surface area contributed by atoms with Gasteiger partial charge in [-0.15, -0.1) is 0 Å². The van der Waals surface area contributed by atoms with Crippen LogP contribution in [0, 0.1) is 5.92 Å². The van der Waals surface area contributed by atoms with E-state index in [1.165, 1.54) is 30.5 Å². The average Bonchev–Trinajstić information content (AvgIpc) is 2.68. The maximum atomic E-state index is 6.15. The van der Waals surface area contributed by atoms with E-state index in [1.807, 2.05) is 0 Å². The van der Waals surface area contributed by atoms with Gasteiger partial charge in [0.15, 0.2) is 0 Å². The number of anilines is 1. The summed E-state index contributed by atoms with van der Waals surface area (Å²) in [7, 11) is 2.13. The highest BCUT2D eigenvalue weighted by atomic mass is 15.2. The zero-order valence-corrected chi connectivity index (χ0v) is 13.1. The molecule has 0 spiro atoms. The first kappa shape index (κ1) is 15.2. The number of rotatable bonds is 5. The van der Waals surface area contributed by atoms with Crippen molar-refractivity contribution >= 4 is 5.82 Å². The number of nitrogens with two attached hydrogens (primary N) is 1. The lowest BCUT2D eigenvalue weighted by Gasteiger charge is -2.24. The van der Waals surface area contributed by atoms with Gasteiger partial charge in [0.25, 0.3) is 0 Å². The largest absolute Gasteiger partial charge is 0.359 e. The predicted octanol–water partition coefficient (Wildman–Crippen LogP) is 2.56. The normalized spacial score (nSPS) is 16.6. The van der Waals surface area contributed by atoms with Gasteiger partial charge in [0.1, 0.15) is 12.1 Å². The lowest BCUT2D eigenvalue weighted by molar-refractivity contribution is 0.465. The standard InChI is InChI=1S/C16H28N4/c1-12(2)14(17)9-10-20(3)16-13-7-5-4-6-8-15(13)18-11-19-16/h11-12,14H,4-10,17H2,1-3H3. The Morgan fingerprint density at radius 2 is 1.95 bits per heavy atom. The molecule has 1 aromatic heterocycles. The van der Waals surface area contributed by atoms with Crippen LogP contribution < -0.4 is 10.6 Å². The molecule has 0 amide bonds. The fourth-order valence-electron chi connectivity index (χ4n) is 2.79. The van der Waals surface area contributed by atoms with E-state index in [0.29, 0.717) is 5.92 Å². The van der Waals surface area contributed by atoms with Gasteiger partial charge in [-0.1, -0.05) is 20.3 Å². The van der Waals surface area contributed by atoms with Crippen LogP contribution in [0.3, 0.4) is 0 Å². The molecule has 0 radical (unpaired) electrons. The van der Waals surface area contributed by atoms with Gasteiger partial charge in [-0.2, -0.15) is 0 Å². The first-order valence-electron chi connectivity index (χ1n) is 7.89. The summed E-state index contributed by atoms with van der Waals surface area (Å²) in [5.41, 5.74) is 8.77. The average molecular weight is 276 g/mol. The van der Waals surface area contributed by atoms with Gasteiger partial charge in [0.2, 0.25) is 0 Å². The lowest BCUT2D eigenvalue weighted by atomic mass is 10.0. The van der Waals surface area contributed by atoms with Crippen LogP contribution in [0.15, 0.2) is 6.33 Å². The number of fused-ring (bicyclic) bond motifs is 1. The second-order valence-corrected chi connectivity index (χ2v) is 6.30. The number of nitrogens with zero attached hydrogens (tertiary/aromatic N) is 3. The van der Waals surface area contributed by atoms with Gasteiger partial charge >= 0.3 is 0 Å². The van der Waals surface area contributed by atoms with Crippen LogP contribution in [0.25, 0.3) is 0 Å². The van der Waals surface area contributed by atoms with E-state index in [0.717, 1.165) is 31.6 Å². The molecule has 0 bridgehead atoms. The van der Waals surface area contributed by atoms with E-state index in [4.69, 9.17) is 5.73 Å². The monoisotopic (exact) mass is 276 g/mol. The first-order valence-corrected chi connectivity index (χ1v) is 7.89. The minimum Gasteiger partial charge on any atom is -0.359 e. The molecule has 0 fully saturated rings. The molecule has 0 aliphatic heterocycles. The van der Waals surface area contributed by atoms with E-state index in [9.17, 15) is 0 Å². The van der Waals surface area contributed by atoms with Gasteiger partial charge in [0, 0.05) is 30.9 Å². The quantitative estimate of drug-likeness (QED) is 0.840. The van der Waals surface area contributed by atoms with Crippen molar-refractivity contribution in [3.8, 4) is 0 Å². The molecule has 2 rings (SSSR count). The molecule has 0 aromatic carbocycles. The highest BCUT2D eigenvalue weighted by Gasteiger charge is 2.17. The lowest BCUT2D eigenvalue weighted by Crippen LogP contribution is -2.32. The Morgan fingerprint density at radius 3 is 2.70 bits per heavy atom. The number of aromatic nitrogens is 2. The molecular weight excluding hydrogens is 248 g/mol. The summed E-state index contributed by atoms with van der Waals surface area (Å²) < 4.78 is 0. The van der Waals surface area contributed by atoms with Crippen LogP contribution in [0.1, 0.15) is 50.8 Å². The number of hydrogen-bond acceptors (Lipinski definition) is 4. The Hall–Kier alpha value is -1.16. The Labute approximate surface area is 122 Å². The van der Waals surface area contributed by atoms with Crippen LogP contribution in [0.2, 0.25) is 0 Å². The van der Waals surface area contributed by atoms with Crippen molar-refractivity contribution in [2.45, 2.75) is 58.4 Å². The molecular formula is C16H28N4. The topological polar surface area (TPSA) is 55.0 Å². The third kappa shape index (κ3) is 3.69. The molecule has 1 aliphatic rings. The molecule has 1 unspecified atom stereocenters. The molecule has 0 saturated heterocycles. The summed E-state index contributed by atoms with van der Waals surface area (Å²) in [6.07, 6.45) is 8.76. The zero-order chi connectivity index (χ0) is 14.5. The van der Waals surface area contributed by atoms with Crippen molar-refractivity contribution in [3.05, 3.63) is 17.6 Å². The summed E-state index contributed by atoms with van der Waals surface area (Å²) in [5, 5.41) is 0. The van der Waals surface area contributed by atoms with Crippen LogP contribution in [0.4, 0.5) is 5.82 Å². The Morgan fingerprint density at radius 1 is 1.20 bits per heavy atom. The van der Waals surface area contributed by atoms with Gasteiger partial charge < -0.3 is 10.6 Å². The highest BCUT2D eigenvalue weighted by molar-refractivity contribution is 5.48. The van der Waals surface area contributed by atoms with Gasteiger partial charge in [-0.25, -0.2) is 9.97 Å². The van der Waals surface area contributed by atoms with Crippen LogP contribution in [-0.4, -0.2) is 29.6 Å². The van der Waals surface area contributed by atoms with E-state index >= 15 is 0 Å². The molecule has 2 N–H and O–H groups in total. The predicted molar refractivity (Wildman–Crippen MR) is 84.0 cm³/mol. The van der Waals surface area contributed by atoms with Crippen molar-refractivity contribution in [2.24, 2.45) is 11.7 Å². The second kappa shape index (κ2) is 7.02. The zero-order valence-electron chi connectivity index (χ0n) is 13.1. The third-order valence-corrected chi connectivity index (χ3v) is 4.37. The Kier molecular flexibility index (Phi) is 5.35. The smallest absolute Gasteiger partial charge is 0.135 e. The Balaban J connectivity index is 2.08. The molecule has 112 valence electrons. The molecule has 1 heterocycles. The summed E-state index contributed by atoms with van der Waals surface area (Å²) in [5.74, 6) is 1.65. The fraction of sp³-hybridized carbons (Fsp3) is 0.750. The van der Waals surface area contributed by atoms with Crippen molar-refractivity contribution in [3.63, 3.8) is 0 Å². The summed E-state index contributed by atoms with van der Waals surface area (Å²) in [6.45, 7) is 5.32. The summed E-state index contributed by atoms with van der Waals surface area (Å²) >= 11 is 0. The number of hydrogen-bond donors (Lipinski definition) is 1. The Bertz CT molecular complexity index is 430. The number of aryl methyl sites for hydroxylation is 1. The fourth-order valence-corrected chi connectivity index (χ4v) is 2.79. The van der Waals surface area contributed by atoms with Gasteiger partial charge in [0.05, 0.1) is 0 Å². The van der Waals surface area contributed by atoms with E-state index in [1.54, 1.807) is 6.33 Å². The molecule has 1 atom stereocenters. The van der Waals surface area contributed by atoms with E-state index in [2.05, 4.69) is 35.8 Å². The second-order valence-electron chi connectivity index (χ2n) is 6.30. The van der Waals surface area contributed by atoms with Crippen molar-refractivity contribution in [2.75, 3.05) is 18.5 Å². The maximum absolute atomic E-state index is 6.15. The van der Waals surface area contributed by atoms with Crippen molar-refractivity contribution in [1.82, 2.24) is 9.97 Å². The highest BCUT2D eigenvalue weighted by Crippen LogP contribution is 2.26. The molecule has 1 aromatic rings. The first-order chi connectivity index (χ1) is 9.59. The van der Waals surface area contributed by atoms with E-state index < -0.39 is 0 Å². The van der Waals surface area contributed by atoms with Crippen LogP contribution in [-0.2, 0) is 12.8 Å². The molecule has 4 nitrogen and oxygen atoms in total. The van der Waals surface area contributed by atoms with Crippen molar-refractivity contribution in [1.29, 1.82) is 0 Å². The maximum Gasteiger partial charge on any atom is 0.135 e.